The smallest absolute Gasteiger partial charge is 0.280 e. The molecule has 0 aliphatic rings. The van der Waals surface area contributed by atoms with Crippen LogP contribution >= 0.6 is 0 Å². The van der Waals surface area contributed by atoms with Crippen LogP contribution in [0, 0.1) is 0 Å². The molecule has 86 valence electrons. The predicted octanol–water partition coefficient (Wildman–Crippen LogP) is 3.22. The normalized spacial score (nSPS) is 11.9. The van der Waals surface area contributed by atoms with Gasteiger partial charge in [-0.25, -0.2) is 0 Å². The molecular weight excluding hydrogens is 190 g/mol. The van der Waals surface area contributed by atoms with Crippen LogP contribution in [-0.4, -0.2) is 5.16 Å². The number of rotatable bonds is 6. The van der Waals surface area contributed by atoms with E-state index in [1.807, 2.05) is 0 Å². The Bertz CT molecular complexity index is 335. The van der Waals surface area contributed by atoms with Gasteiger partial charge in [-0.2, -0.15) is 5.16 Å². The third-order valence-corrected chi connectivity index (χ3v) is 2.85. The topological polar surface area (TPSA) is 46.0 Å². The lowest BCUT2D eigenvalue weighted by Crippen LogP contribution is -2.16. The Morgan fingerprint density at radius 1 is 1.33 bits per heavy atom. The molecule has 0 fully saturated rings. The van der Waals surface area contributed by atoms with Gasteiger partial charge in [0.2, 0.25) is 0 Å². The summed E-state index contributed by atoms with van der Waals surface area (Å²) in [7, 11) is 0. The molecule has 0 atom stereocenters. The molecular formula is C12H21NO2. The fraction of sp³-hybridized carbons (Fsp3) is 0.750. The molecule has 1 N–H and O–H groups in total. The van der Waals surface area contributed by atoms with Crippen LogP contribution in [0.15, 0.2) is 15.4 Å². The van der Waals surface area contributed by atoms with Crippen molar-refractivity contribution in [1.82, 2.24) is 5.16 Å². The SMILES string of the molecule is CCCCCCC(C)(C)c1cc(=O)[nH]o1. The van der Waals surface area contributed by atoms with Crippen molar-refractivity contribution in [3.05, 3.63) is 22.2 Å². The average Bonchev–Trinajstić information content (AvgIpc) is 2.60. The Morgan fingerprint density at radius 2 is 2.07 bits per heavy atom. The third-order valence-electron chi connectivity index (χ3n) is 2.85. The largest absolute Gasteiger partial charge is 0.383 e. The van der Waals surface area contributed by atoms with Gasteiger partial charge in [0.05, 0.1) is 0 Å². The van der Waals surface area contributed by atoms with Gasteiger partial charge < -0.3 is 4.52 Å². The number of unbranched alkanes of at least 4 members (excludes halogenated alkanes) is 3. The zero-order chi connectivity index (χ0) is 11.3. The highest BCUT2D eigenvalue weighted by Crippen LogP contribution is 2.28. The Balaban J connectivity index is 2.48. The summed E-state index contributed by atoms with van der Waals surface area (Å²) >= 11 is 0. The number of nitrogens with one attached hydrogen (secondary N) is 1. The van der Waals surface area contributed by atoms with Gasteiger partial charge in [0.1, 0.15) is 5.76 Å². The van der Waals surface area contributed by atoms with E-state index >= 15 is 0 Å². The van der Waals surface area contributed by atoms with Gasteiger partial charge in [0.25, 0.3) is 5.56 Å². The first-order chi connectivity index (χ1) is 7.06. The Labute approximate surface area is 90.8 Å². The minimum absolute atomic E-state index is 0.0348. The van der Waals surface area contributed by atoms with Crippen molar-refractivity contribution in [2.75, 3.05) is 0 Å². The van der Waals surface area contributed by atoms with E-state index < -0.39 is 0 Å². The lowest BCUT2D eigenvalue weighted by Gasteiger charge is -2.20. The summed E-state index contributed by atoms with van der Waals surface area (Å²) in [6, 6.07) is 1.56. The molecule has 0 aromatic carbocycles. The zero-order valence-corrected chi connectivity index (χ0v) is 9.93. The first kappa shape index (κ1) is 12.1. The van der Waals surface area contributed by atoms with Crippen LogP contribution < -0.4 is 5.56 Å². The second-order valence-corrected chi connectivity index (χ2v) is 4.77. The Hall–Kier alpha value is -0.990. The van der Waals surface area contributed by atoms with Crippen LogP contribution in [0.2, 0.25) is 0 Å². The van der Waals surface area contributed by atoms with Crippen LogP contribution in [0.1, 0.15) is 58.6 Å². The van der Waals surface area contributed by atoms with Crippen molar-refractivity contribution in [3.8, 4) is 0 Å². The molecule has 0 spiro atoms. The second kappa shape index (κ2) is 5.19. The van der Waals surface area contributed by atoms with E-state index in [-0.39, 0.29) is 11.0 Å². The molecule has 0 saturated heterocycles. The van der Waals surface area contributed by atoms with E-state index in [0.29, 0.717) is 0 Å². The molecule has 1 aromatic heterocycles. The van der Waals surface area contributed by atoms with Crippen molar-refractivity contribution in [3.63, 3.8) is 0 Å². The summed E-state index contributed by atoms with van der Waals surface area (Å²) in [4.78, 5) is 11.0. The molecule has 3 nitrogen and oxygen atoms in total. The van der Waals surface area contributed by atoms with Crippen molar-refractivity contribution in [1.29, 1.82) is 0 Å². The maximum Gasteiger partial charge on any atom is 0.280 e. The highest BCUT2D eigenvalue weighted by molar-refractivity contribution is 5.07. The van der Waals surface area contributed by atoms with Crippen molar-refractivity contribution >= 4 is 0 Å². The lowest BCUT2D eigenvalue weighted by molar-refractivity contribution is 0.297. The van der Waals surface area contributed by atoms with Crippen LogP contribution in [-0.2, 0) is 5.41 Å². The number of hydrogen-bond acceptors (Lipinski definition) is 2. The number of aromatic amines is 1. The Kier molecular flexibility index (Phi) is 4.18. The van der Waals surface area contributed by atoms with E-state index in [1.54, 1.807) is 6.07 Å². The summed E-state index contributed by atoms with van der Waals surface area (Å²) in [5, 5.41) is 2.35. The predicted molar refractivity (Wildman–Crippen MR) is 61.1 cm³/mol. The first-order valence-corrected chi connectivity index (χ1v) is 5.75. The molecule has 0 unspecified atom stereocenters. The summed E-state index contributed by atoms with van der Waals surface area (Å²) in [5.74, 6) is 0.768. The number of aromatic nitrogens is 1. The minimum atomic E-state index is -0.147. The molecule has 0 aliphatic carbocycles. The van der Waals surface area contributed by atoms with Gasteiger partial charge in [0.15, 0.2) is 0 Å². The average molecular weight is 211 g/mol. The lowest BCUT2D eigenvalue weighted by atomic mass is 9.84. The molecule has 0 radical (unpaired) electrons. The zero-order valence-electron chi connectivity index (χ0n) is 9.93. The van der Waals surface area contributed by atoms with E-state index in [1.165, 1.54) is 25.7 Å². The Morgan fingerprint density at radius 3 is 2.60 bits per heavy atom. The van der Waals surface area contributed by atoms with Crippen molar-refractivity contribution in [2.24, 2.45) is 0 Å². The van der Waals surface area contributed by atoms with Gasteiger partial charge >= 0.3 is 0 Å². The third kappa shape index (κ3) is 3.57. The summed E-state index contributed by atoms with van der Waals surface area (Å²) in [5.41, 5.74) is -0.181. The van der Waals surface area contributed by atoms with Gasteiger partial charge in [0, 0.05) is 11.5 Å². The van der Waals surface area contributed by atoms with E-state index in [4.69, 9.17) is 4.52 Å². The van der Waals surface area contributed by atoms with Crippen LogP contribution in [0.4, 0.5) is 0 Å². The van der Waals surface area contributed by atoms with Crippen molar-refractivity contribution in [2.45, 2.75) is 58.3 Å². The second-order valence-electron chi connectivity index (χ2n) is 4.77. The highest BCUT2D eigenvalue weighted by Gasteiger charge is 2.24. The van der Waals surface area contributed by atoms with Gasteiger partial charge in [-0.05, 0) is 6.42 Å². The number of hydrogen-bond donors (Lipinski definition) is 1. The quantitative estimate of drug-likeness (QED) is 0.734. The number of H-pyrrole nitrogens is 1. The molecule has 0 aliphatic heterocycles. The van der Waals surface area contributed by atoms with Crippen LogP contribution in [0.5, 0.6) is 0 Å². The van der Waals surface area contributed by atoms with Gasteiger partial charge in [-0.1, -0.05) is 46.5 Å². The molecule has 0 saturated carbocycles. The van der Waals surface area contributed by atoms with Crippen LogP contribution in [0.25, 0.3) is 0 Å². The minimum Gasteiger partial charge on any atom is -0.383 e. The molecule has 3 heteroatoms. The summed E-state index contributed by atoms with van der Waals surface area (Å²) < 4.78 is 5.15. The molecule has 1 rings (SSSR count). The maximum absolute atomic E-state index is 11.0. The van der Waals surface area contributed by atoms with E-state index in [9.17, 15) is 4.79 Å². The fourth-order valence-corrected chi connectivity index (χ4v) is 1.73. The van der Waals surface area contributed by atoms with Gasteiger partial charge in [-0.15, -0.1) is 0 Å². The summed E-state index contributed by atoms with van der Waals surface area (Å²) in [6.45, 7) is 6.44. The monoisotopic (exact) mass is 211 g/mol. The standard InChI is InChI=1S/C12H21NO2/c1-4-5-6-7-8-12(2,3)10-9-11(14)13-15-10/h9H,4-8H2,1-3H3,(H,13,14). The molecule has 1 aromatic rings. The first-order valence-electron chi connectivity index (χ1n) is 5.75. The van der Waals surface area contributed by atoms with Gasteiger partial charge in [-0.3, -0.25) is 4.79 Å². The highest BCUT2D eigenvalue weighted by atomic mass is 16.5. The molecule has 1 heterocycles. The van der Waals surface area contributed by atoms with Crippen molar-refractivity contribution < 1.29 is 4.52 Å². The van der Waals surface area contributed by atoms with E-state index in [0.717, 1.165) is 12.2 Å². The van der Waals surface area contributed by atoms with E-state index in [2.05, 4.69) is 25.9 Å². The summed E-state index contributed by atoms with van der Waals surface area (Å²) in [6.07, 6.45) is 6.05. The molecule has 0 amide bonds. The van der Waals surface area contributed by atoms with Crippen LogP contribution in [0.3, 0.4) is 0 Å². The molecule has 0 bridgehead atoms. The fourth-order valence-electron chi connectivity index (χ4n) is 1.73. The maximum atomic E-state index is 11.0. The molecule has 15 heavy (non-hydrogen) atoms.